The summed E-state index contributed by atoms with van der Waals surface area (Å²) in [5.41, 5.74) is 0. The van der Waals surface area contributed by atoms with E-state index in [1.807, 2.05) is 21.1 Å². The number of ether oxygens (including phenoxy) is 2. The molecule has 0 aromatic heterocycles. The van der Waals surface area contributed by atoms with Crippen LogP contribution in [-0.2, 0) is 32.7 Å². The molecule has 0 saturated carbocycles. The van der Waals surface area contributed by atoms with Gasteiger partial charge in [0.25, 0.3) is 0 Å². The number of nitrogens with zero attached hydrogens (tertiary/aromatic N) is 1. The number of phosphoric ester groups is 1. The van der Waals surface area contributed by atoms with Gasteiger partial charge in [-0.25, -0.2) is 4.57 Å². The lowest BCUT2D eigenvalue weighted by Gasteiger charge is -2.24. The van der Waals surface area contributed by atoms with Gasteiger partial charge in [0.05, 0.1) is 27.7 Å². The lowest BCUT2D eigenvalue weighted by Crippen LogP contribution is -2.37. The molecule has 0 spiro atoms. The van der Waals surface area contributed by atoms with Crippen LogP contribution in [0, 0.1) is 0 Å². The van der Waals surface area contributed by atoms with Gasteiger partial charge in [0.1, 0.15) is 19.8 Å². The molecule has 0 aromatic carbocycles. The summed E-state index contributed by atoms with van der Waals surface area (Å²) in [4.78, 5) is 35.7. The fourth-order valence-electron chi connectivity index (χ4n) is 8.21. The molecule has 10 heteroatoms. The molecule has 0 saturated heterocycles. The molecule has 0 aliphatic rings. The molecule has 2 unspecified atom stereocenters. The zero-order valence-electron chi connectivity index (χ0n) is 49.0. The first kappa shape index (κ1) is 71.9. The first-order valence-corrected chi connectivity index (χ1v) is 32.0. The van der Waals surface area contributed by atoms with Gasteiger partial charge < -0.3 is 18.9 Å². The largest absolute Gasteiger partial charge is 0.472 e. The molecule has 75 heavy (non-hydrogen) atoms. The average Bonchev–Trinajstić information content (AvgIpc) is 3.37. The predicted molar refractivity (Wildman–Crippen MR) is 321 cm³/mol. The number of rotatable bonds is 55. The minimum atomic E-state index is -4.39. The number of likely N-dealkylation sites (N-methyl/N-ethyl adjacent to an activating group) is 1. The Morgan fingerprint density at radius 1 is 0.427 bits per heavy atom. The summed E-state index contributed by atoms with van der Waals surface area (Å²) in [5, 5.41) is 0. The second-order valence-corrected chi connectivity index (χ2v) is 22.8. The number of unbranched alkanes of at least 4 members (excludes halogenated alkanes) is 25. The van der Waals surface area contributed by atoms with Crippen LogP contribution in [0.3, 0.4) is 0 Å². The van der Waals surface area contributed by atoms with E-state index in [0.29, 0.717) is 17.4 Å². The monoisotopic (exact) mass is 1070 g/mol. The second-order valence-electron chi connectivity index (χ2n) is 21.4. The summed E-state index contributed by atoms with van der Waals surface area (Å²) in [6, 6.07) is 0. The molecule has 2 atom stereocenters. The summed E-state index contributed by atoms with van der Waals surface area (Å²) in [6.07, 6.45) is 76.2. The fraction of sp³-hybridized carbons (Fsp3) is 0.723. The third-order valence-electron chi connectivity index (χ3n) is 12.9. The summed E-state index contributed by atoms with van der Waals surface area (Å²) < 4.78 is 34.6. The van der Waals surface area contributed by atoms with Crippen LogP contribution in [0.4, 0.5) is 0 Å². The number of quaternary nitrogens is 1. The molecule has 0 heterocycles. The van der Waals surface area contributed by atoms with Crippen LogP contribution < -0.4 is 0 Å². The number of hydrogen-bond acceptors (Lipinski definition) is 7. The van der Waals surface area contributed by atoms with Crippen molar-refractivity contribution >= 4 is 19.8 Å². The summed E-state index contributed by atoms with van der Waals surface area (Å²) in [6.45, 7) is 4.33. The summed E-state index contributed by atoms with van der Waals surface area (Å²) >= 11 is 0. The van der Waals surface area contributed by atoms with E-state index in [0.717, 1.165) is 96.3 Å². The molecule has 0 bridgehead atoms. The van der Waals surface area contributed by atoms with Crippen LogP contribution in [0.5, 0.6) is 0 Å². The SMILES string of the molecule is CC/C=C\C/C=C\C/C=C\C/C=C\C/C=C\C/C=C\C/C=C\C/C=C\CCCCCCCCCCC(=O)OC(COC(=O)CCCCCCCCCCCCCCCCCCCC)COP(=O)(O)OCC[N+](C)(C)C. The van der Waals surface area contributed by atoms with E-state index >= 15 is 0 Å². The maximum atomic E-state index is 12.8. The van der Waals surface area contributed by atoms with E-state index in [2.05, 4.69) is 111 Å². The molecule has 0 fully saturated rings. The van der Waals surface area contributed by atoms with E-state index < -0.39 is 26.5 Å². The Hall–Kier alpha value is -3.07. The highest BCUT2D eigenvalue weighted by molar-refractivity contribution is 7.47. The third-order valence-corrected chi connectivity index (χ3v) is 13.9. The Morgan fingerprint density at radius 2 is 0.760 bits per heavy atom. The zero-order chi connectivity index (χ0) is 54.9. The van der Waals surface area contributed by atoms with Gasteiger partial charge in [0, 0.05) is 12.8 Å². The Morgan fingerprint density at radius 3 is 1.13 bits per heavy atom. The molecule has 0 aliphatic heterocycles. The number of esters is 2. The minimum absolute atomic E-state index is 0.0270. The average molecular weight is 1070 g/mol. The second kappa shape index (κ2) is 55.7. The number of phosphoric acid groups is 1. The number of carbonyl (C=O) groups is 2. The van der Waals surface area contributed by atoms with E-state index in [-0.39, 0.29) is 32.0 Å². The Labute approximate surface area is 462 Å². The Balaban J connectivity index is 4.16. The molecule has 9 nitrogen and oxygen atoms in total. The molecule has 432 valence electrons. The van der Waals surface area contributed by atoms with Gasteiger partial charge in [-0.15, -0.1) is 0 Å². The van der Waals surface area contributed by atoms with Gasteiger partial charge in [0.15, 0.2) is 6.10 Å². The molecule has 0 radical (unpaired) electrons. The number of allylic oxidation sites excluding steroid dienone is 16. The highest BCUT2D eigenvalue weighted by atomic mass is 31.2. The molecule has 0 rings (SSSR count). The van der Waals surface area contributed by atoms with Gasteiger partial charge in [-0.2, -0.15) is 0 Å². The predicted octanol–water partition coefficient (Wildman–Crippen LogP) is 19.2. The molecule has 1 N–H and O–H groups in total. The first-order valence-electron chi connectivity index (χ1n) is 30.5. The molecule has 0 aromatic rings. The van der Waals surface area contributed by atoms with Gasteiger partial charge in [-0.05, 0) is 77.0 Å². The van der Waals surface area contributed by atoms with Crippen molar-refractivity contribution in [3.05, 3.63) is 97.2 Å². The van der Waals surface area contributed by atoms with E-state index in [1.165, 1.54) is 122 Å². The number of hydrogen-bond donors (Lipinski definition) is 1. The van der Waals surface area contributed by atoms with Gasteiger partial charge >= 0.3 is 19.8 Å². The van der Waals surface area contributed by atoms with Crippen molar-refractivity contribution in [2.75, 3.05) is 47.5 Å². The quantitative estimate of drug-likeness (QED) is 0.0211. The van der Waals surface area contributed by atoms with Gasteiger partial charge in [0.2, 0.25) is 0 Å². The summed E-state index contributed by atoms with van der Waals surface area (Å²) in [7, 11) is 1.47. The van der Waals surface area contributed by atoms with E-state index in [9.17, 15) is 19.0 Å². The van der Waals surface area contributed by atoms with Gasteiger partial charge in [-0.1, -0.05) is 259 Å². The normalized spacial score (nSPS) is 13.9. The Kier molecular flexibility index (Phi) is 53.4. The fourth-order valence-corrected chi connectivity index (χ4v) is 8.95. The van der Waals surface area contributed by atoms with Crippen LogP contribution in [-0.4, -0.2) is 74.9 Å². The first-order chi connectivity index (χ1) is 36.5. The zero-order valence-corrected chi connectivity index (χ0v) is 49.9. The van der Waals surface area contributed by atoms with E-state index in [4.69, 9.17) is 18.5 Å². The van der Waals surface area contributed by atoms with Crippen LogP contribution in [0.25, 0.3) is 0 Å². The molecule has 0 amide bonds. The lowest BCUT2D eigenvalue weighted by molar-refractivity contribution is -0.870. The summed E-state index contributed by atoms with van der Waals surface area (Å²) in [5.74, 6) is -0.804. The van der Waals surface area contributed by atoms with E-state index in [1.54, 1.807) is 0 Å². The molecule has 0 aliphatic carbocycles. The van der Waals surface area contributed by atoms with Crippen molar-refractivity contribution in [2.45, 2.75) is 258 Å². The van der Waals surface area contributed by atoms with Crippen LogP contribution in [0.15, 0.2) is 97.2 Å². The van der Waals surface area contributed by atoms with Gasteiger partial charge in [-0.3, -0.25) is 18.6 Å². The maximum Gasteiger partial charge on any atom is 0.472 e. The topological polar surface area (TPSA) is 108 Å². The lowest BCUT2D eigenvalue weighted by atomic mass is 10.0. The van der Waals surface area contributed by atoms with Crippen molar-refractivity contribution in [1.82, 2.24) is 0 Å². The van der Waals surface area contributed by atoms with Crippen LogP contribution in [0.1, 0.15) is 251 Å². The smallest absolute Gasteiger partial charge is 0.462 e. The van der Waals surface area contributed by atoms with Crippen molar-refractivity contribution in [3.8, 4) is 0 Å². The standard InChI is InChI=1S/C65H114NO8P/c1-6-8-10-12-14-16-18-20-22-24-26-27-28-29-30-31-32-33-34-35-36-37-38-39-40-42-44-46-48-50-52-54-56-58-65(68)74-63(62-73-75(69,70)72-60-59-66(3,4)5)61-71-64(67)57-55-53-51-49-47-45-43-41-25-23-21-19-17-15-13-11-9-7-2/h8,10,14,16,20,22,26-27,29-30,32-33,35-36,38-39,63H,6-7,9,11-13,15,17-19,21,23-25,28,31,34,37,40-62H2,1-5H3/p+1/b10-8-,16-14-,22-20-,27-26-,30-29-,33-32-,36-35-,39-38-. The highest BCUT2D eigenvalue weighted by Crippen LogP contribution is 2.43. The third kappa shape index (κ3) is 60.0. The van der Waals surface area contributed by atoms with Crippen LogP contribution >= 0.6 is 7.82 Å². The number of carbonyl (C=O) groups excluding carboxylic acids is 2. The minimum Gasteiger partial charge on any atom is -0.462 e. The highest BCUT2D eigenvalue weighted by Gasteiger charge is 2.27. The molecular weight excluding hydrogens is 954 g/mol. The Bertz CT molecular complexity index is 1590. The van der Waals surface area contributed by atoms with Crippen molar-refractivity contribution in [1.29, 1.82) is 0 Å². The van der Waals surface area contributed by atoms with Crippen molar-refractivity contribution in [2.24, 2.45) is 0 Å². The maximum absolute atomic E-state index is 12.8. The van der Waals surface area contributed by atoms with Crippen molar-refractivity contribution < 1.29 is 42.1 Å². The van der Waals surface area contributed by atoms with Crippen LogP contribution in [0.2, 0.25) is 0 Å². The molecular formula is C65H115NO8P+. The van der Waals surface area contributed by atoms with Crippen molar-refractivity contribution in [3.63, 3.8) is 0 Å².